The predicted molar refractivity (Wildman–Crippen MR) is 59.8 cm³/mol. The van der Waals surface area contributed by atoms with E-state index in [1.807, 2.05) is 6.92 Å². The molecule has 0 saturated carbocycles. The van der Waals surface area contributed by atoms with Gasteiger partial charge in [-0.1, -0.05) is 0 Å². The summed E-state index contributed by atoms with van der Waals surface area (Å²) in [6.45, 7) is 1.86. The van der Waals surface area contributed by atoms with E-state index < -0.39 is 0 Å². The minimum Gasteiger partial charge on any atom is -0.489 e. The summed E-state index contributed by atoms with van der Waals surface area (Å²) in [5, 5.41) is 9.50. The maximum Gasteiger partial charge on any atom is 0.295 e. The summed E-state index contributed by atoms with van der Waals surface area (Å²) in [4.78, 5) is 21.9. The molecule has 0 aromatic carbocycles. The summed E-state index contributed by atoms with van der Waals surface area (Å²) in [6.07, 6.45) is 2.72. The van der Waals surface area contributed by atoms with Crippen LogP contribution in [0.3, 0.4) is 0 Å². The Morgan fingerprint density at radius 2 is 2.29 bits per heavy atom. The Morgan fingerprint density at radius 1 is 1.47 bits per heavy atom. The number of methoxy groups -OCH3 is 1. The van der Waals surface area contributed by atoms with Crippen LogP contribution >= 0.6 is 0 Å². The minimum atomic E-state index is -0.338. The quantitative estimate of drug-likeness (QED) is 0.693. The molecule has 1 unspecified atom stereocenters. The number of hydrogen-bond acceptors (Lipinski definition) is 6. The van der Waals surface area contributed by atoms with E-state index in [1.54, 1.807) is 0 Å². The molecule has 17 heavy (non-hydrogen) atoms. The van der Waals surface area contributed by atoms with Gasteiger partial charge in [-0.15, -0.1) is 0 Å². The summed E-state index contributed by atoms with van der Waals surface area (Å²) in [5.74, 6) is 1.15. The second kappa shape index (κ2) is 4.64. The van der Waals surface area contributed by atoms with E-state index in [9.17, 15) is 4.79 Å². The Hall–Kier alpha value is -2.38. The predicted octanol–water partition coefficient (Wildman–Crippen LogP) is 0.0697. The number of H-pyrrole nitrogens is 2. The van der Waals surface area contributed by atoms with Crippen molar-refractivity contribution in [3.63, 3.8) is 0 Å². The Bertz CT molecular complexity index is 535. The first-order chi connectivity index (χ1) is 8.22. The van der Waals surface area contributed by atoms with E-state index in [0.717, 1.165) is 0 Å². The topological polar surface area (TPSA) is 109 Å². The van der Waals surface area contributed by atoms with Crippen molar-refractivity contribution in [1.82, 2.24) is 25.1 Å². The fraction of sp³-hybridized carbons (Fsp3) is 0.333. The van der Waals surface area contributed by atoms with Gasteiger partial charge < -0.3 is 15.0 Å². The molecule has 0 aliphatic heterocycles. The van der Waals surface area contributed by atoms with Gasteiger partial charge in [0.1, 0.15) is 12.2 Å². The van der Waals surface area contributed by atoms with Crippen LogP contribution in [0.2, 0.25) is 0 Å². The van der Waals surface area contributed by atoms with Crippen LogP contribution in [0.5, 0.6) is 5.75 Å². The zero-order valence-electron chi connectivity index (χ0n) is 9.39. The molecule has 0 radical (unpaired) electrons. The van der Waals surface area contributed by atoms with Crippen molar-refractivity contribution in [3.05, 3.63) is 28.8 Å². The van der Waals surface area contributed by atoms with Crippen LogP contribution in [-0.4, -0.2) is 32.3 Å². The normalized spacial score (nSPS) is 12.1. The molecule has 2 heterocycles. The van der Waals surface area contributed by atoms with Crippen LogP contribution in [0.4, 0.5) is 5.82 Å². The van der Waals surface area contributed by atoms with Crippen molar-refractivity contribution in [3.8, 4) is 5.75 Å². The molecule has 2 aromatic heterocycles. The average molecular weight is 236 g/mol. The van der Waals surface area contributed by atoms with Gasteiger partial charge >= 0.3 is 0 Å². The zero-order chi connectivity index (χ0) is 12.3. The lowest BCUT2D eigenvalue weighted by Gasteiger charge is -2.13. The van der Waals surface area contributed by atoms with Gasteiger partial charge in [0.05, 0.1) is 19.5 Å². The van der Waals surface area contributed by atoms with Crippen LogP contribution in [0.1, 0.15) is 18.8 Å². The highest BCUT2D eigenvalue weighted by Crippen LogP contribution is 2.19. The first-order valence-corrected chi connectivity index (χ1v) is 4.96. The van der Waals surface area contributed by atoms with Gasteiger partial charge in [-0.25, -0.2) is 9.97 Å². The Balaban J connectivity index is 2.24. The zero-order valence-corrected chi connectivity index (χ0v) is 9.39. The molecule has 0 aliphatic rings. The monoisotopic (exact) mass is 236 g/mol. The van der Waals surface area contributed by atoms with Crippen LogP contribution in [0.25, 0.3) is 0 Å². The number of hydrogen-bond donors (Lipinski definition) is 3. The molecule has 3 N–H and O–H groups in total. The number of nitrogens with zero attached hydrogens (tertiary/aromatic N) is 3. The van der Waals surface area contributed by atoms with E-state index in [4.69, 9.17) is 4.74 Å². The number of nitrogens with one attached hydrogen (secondary N) is 3. The second-order valence-electron chi connectivity index (χ2n) is 3.35. The highest BCUT2D eigenvalue weighted by Gasteiger charge is 2.14. The van der Waals surface area contributed by atoms with Crippen LogP contribution in [0.15, 0.2) is 17.4 Å². The van der Waals surface area contributed by atoms with Crippen LogP contribution in [0, 0.1) is 0 Å². The molecule has 2 aromatic rings. The molecule has 0 bridgehead atoms. The van der Waals surface area contributed by atoms with Gasteiger partial charge in [0.2, 0.25) is 5.75 Å². The number of anilines is 1. The van der Waals surface area contributed by atoms with Gasteiger partial charge in [-0.3, -0.25) is 9.89 Å². The SMILES string of the molecule is COc1c(NC(C)c2ncn[nH]2)nc[nH]c1=O. The standard InChI is InChI=1S/C9H12N6O2/c1-5(7-11-4-13-15-7)14-8-6(17-2)9(16)12-3-10-8/h3-5H,1-2H3,(H,11,13,15)(H2,10,12,14,16). The first-order valence-electron chi connectivity index (χ1n) is 4.96. The maximum atomic E-state index is 11.4. The summed E-state index contributed by atoms with van der Waals surface area (Å²) >= 11 is 0. The van der Waals surface area contributed by atoms with Gasteiger partial charge in [0, 0.05) is 0 Å². The highest BCUT2D eigenvalue weighted by molar-refractivity contribution is 5.48. The molecule has 0 spiro atoms. The molecule has 0 aliphatic carbocycles. The van der Waals surface area contributed by atoms with E-state index in [1.165, 1.54) is 19.8 Å². The second-order valence-corrected chi connectivity index (χ2v) is 3.35. The lowest BCUT2D eigenvalue weighted by atomic mass is 10.3. The third-order valence-electron chi connectivity index (χ3n) is 2.21. The third kappa shape index (κ3) is 2.25. The highest BCUT2D eigenvalue weighted by atomic mass is 16.5. The van der Waals surface area contributed by atoms with E-state index in [-0.39, 0.29) is 17.4 Å². The molecule has 0 saturated heterocycles. The fourth-order valence-corrected chi connectivity index (χ4v) is 1.38. The van der Waals surface area contributed by atoms with Gasteiger partial charge in [0.15, 0.2) is 5.82 Å². The average Bonchev–Trinajstić information content (AvgIpc) is 2.82. The maximum absolute atomic E-state index is 11.4. The largest absolute Gasteiger partial charge is 0.489 e. The van der Waals surface area contributed by atoms with Crippen LogP contribution < -0.4 is 15.6 Å². The number of rotatable bonds is 4. The number of aromatic nitrogens is 5. The Labute approximate surface area is 96.5 Å². The lowest BCUT2D eigenvalue weighted by molar-refractivity contribution is 0.407. The number of aromatic amines is 2. The van der Waals surface area contributed by atoms with E-state index >= 15 is 0 Å². The lowest BCUT2D eigenvalue weighted by Crippen LogP contribution is -2.16. The molecule has 1 atom stereocenters. The van der Waals surface area contributed by atoms with Crippen LogP contribution in [-0.2, 0) is 0 Å². The molecular weight excluding hydrogens is 224 g/mol. The van der Waals surface area contributed by atoms with Crippen molar-refractivity contribution >= 4 is 5.82 Å². The summed E-state index contributed by atoms with van der Waals surface area (Å²) in [5.41, 5.74) is -0.338. The smallest absolute Gasteiger partial charge is 0.295 e. The van der Waals surface area contributed by atoms with E-state index in [0.29, 0.717) is 11.6 Å². The van der Waals surface area contributed by atoms with Crippen molar-refractivity contribution < 1.29 is 4.74 Å². The molecule has 8 nitrogen and oxygen atoms in total. The molecule has 8 heteroatoms. The molecule has 0 amide bonds. The molecular formula is C9H12N6O2. The Morgan fingerprint density at radius 3 is 2.94 bits per heavy atom. The van der Waals surface area contributed by atoms with Crippen molar-refractivity contribution in [2.45, 2.75) is 13.0 Å². The summed E-state index contributed by atoms with van der Waals surface area (Å²) < 4.78 is 4.98. The summed E-state index contributed by atoms with van der Waals surface area (Å²) in [6, 6.07) is -0.166. The van der Waals surface area contributed by atoms with Crippen molar-refractivity contribution in [1.29, 1.82) is 0 Å². The molecule has 2 rings (SSSR count). The van der Waals surface area contributed by atoms with Crippen molar-refractivity contribution in [2.75, 3.05) is 12.4 Å². The fourth-order valence-electron chi connectivity index (χ4n) is 1.38. The summed E-state index contributed by atoms with van der Waals surface area (Å²) in [7, 11) is 1.41. The third-order valence-corrected chi connectivity index (χ3v) is 2.21. The van der Waals surface area contributed by atoms with Gasteiger partial charge in [-0.05, 0) is 6.92 Å². The minimum absolute atomic E-state index is 0.138. The van der Waals surface area contributed by atoms with Gasteiger partial charge in [-0.2, -0.15) is 5.10 Å². The number of ether oxygens (including phenoxy) is 1. The Kier molecular flexibility index (Phi) is 3.03. The van der Waals surface area contributed by atoms with Crippen molar-refractivity contribution in [2.24, 2.45) is 0 Å². The van der Waals surface area contributed by atoms with E-state index in [2.05, 4.69) is 30.5 Å². The molecule has 90 valence electrons. The first kappa shape index (κ1) is 11.1. The molecule has 0 fully saturated rings. The van der Waals surface area contributed by atoms with Gasteiger partial charge in [0.25, 0.3) is 5.56 Å².